The smallest absolute Gasteiger partial charge is 0.306 e. The summed E-state index contributed by atoms with van der Waals surface area (Å²) in [5.74, 6) is -0.323. The number of anilines is 2. The second-order valence-corrected chi connectivity index (χ2v) is 10.3. The van der Waals surface area contributed by atoms with Crippen molar-refractivity contribution in [3.8, 4) is 5.75 Å². The molecule has 0 saturated carbocycles. The van der Waals surface area contributed by atoms with Crippen molar-refractivity contribution < 1.29 is 23.9 Å². The second-order valence-electron chi connectivity index (χ2n) is 9.90. The van der Waals surface area contributed by atoms with Crippen LogP contribution in [0.1, 0.15) is 50.5 Å². The number of ether oxygens (including phenoxy) is 2. The molecule has 0 aromatic heterocycles. The minimum absolute atomic E-state index is 0.00215. The van der Waals surface area contributed by atoms with E-state index in [1.54, 1.807) is 23.1 Å². The molecular weight excluding hydrogens is 506 g/mol. The highest BCUT2D eigenvalue weighted by Crippen LogP contribution is 2.32. The number of amides is 2. The topological polar surface area (TPSA) is 88.2 Å². The number of piperidine rings is 2. The number of nitrogens with one attached hydrogen (secondary N) is 1. The third-order valence-electron chi connectivity index (χ3n) is 7.29. The van der Waals surface area contributed by atoms with Crippen LogP contribution in [0.4, 0.5) is 11.4 Å². The maximum Gasteiger partial charge on any atom is 0.306 e. The third kappa shape index (κ3) is 6.98. The van der Waals surface area contributed by atoms with Crippen LogP contribution in [0.3, 0.4) is 0 Å². The Kier molecular flexibility index (Phi) is 9.50. The van der Waals surface area contributed by atoms with E-state index in [1.807, 2.05) is 0 Å². The summed E-state index contributed by atoms with van der Waals surface area (Å²) >= 11 is 6.53. The van der Waals surface area contributed by atoms with Crippen molar-refractivity contribution in [2.24, 2.45) is 0 Å². The van der Waals surface area contributed by atoms with Crippen molar-refractivity contribution in [2.75, 3.05) is 37.0 Å². The standard InChI is InChI=1S/C29H36ClN3O5/c1-20-7-3-4-8-24(20)32-17-14-22(15-18-32)38-26-11-10-21(19-23(26)30)31-29(36)25-9-5-6-16-33(25)27(34)12-13-28(35)37-2/h3-4,7-8,10-11,19,22,25H,5-6,9,12-18H2,1-2H3,(H,31,36)/t25-/m1/s1. The number of carbonyl (C=O) groups is 3. The number of likely N-dealkylation sites (tertiary alicyclic amines) is 1. The number of esters is 1. The largest absolute Gasteiger partial charge is 0.489 e. The van der Waals surface area contributed by atoms with Gasteiger partial charge in [0.25, 0.3) is 0 Å². The van der Waals surface area contributed by atoms with Gasteiger partial charge in [-0.2, -0.15) is 0 Å². The van der Waals surface area contributed by atoms with Gasteiger partial charge in [-0.25, -0.2) is 0 Å². The van der Waals surface area contributed by atoms with E-state index in [0.29, 0.717) is 29.4 Å². The Morgan fingerprint density at radius 2 is 1.76 bits per heavy atom. The van der Waals surface area contributed by atoms with Crippen LogP contribution in [0.5, 0.6) is 5.75 Å². The number of hydrogen-bond donors (Lipinski definition) is 1. The molecule has 8 nitrogen and oxygen atoms in total. The van der Waals surface area contributed by atoms with Gasteiger partial charge in [-0.3, -0.25) is 14.4 Å². The first-order valence-electron chi connectivity index (χ1n) is 13.3. The van der Waals surface area contributed by atoms with Gasteiger partial charge in [0.1, 0.15) is 17.9 Å². The summed E-state index contributed by atoms with van der Waals surface area (Å²) in [5, 5.41) is 3.33. The Morgan fingerprint density at radius 1 is 1.00 bits per heavy atom. The fourth-order valence-electron chi connectivity index (χ4n) is 5.17. The summed E-state index contributed by atoms with van der Waals surface area (Å²) in [6.07, 6.45) is 4.15. The molecule has 0 aliphatic carbocycles. The van der Waals surface area contributed by atoms with Crippen LogP contribution in [-0.4, -0.2) is 61.6 Å². The number of nitrogens with zero attached hydrogens (tertiary/aromatic N) is 2. The molecule has 2 aromatic carbocycles. The average Bonchev–Trinajstić information content (AvgIpc) is 2.93. The van der Waals surface area contributed by atoms with Crippen molar-refractivity contribution in [1.29, 1.82) is 0 Å². The maximum atomic E-state index is 13.1. The number of methoxy groups -OCH3 is 1. The van der Waals surface area contributed by atoms with E-state index in [4.69, 9.17) is 16.3 Å². The lowest BCUT2D eigenvalue weighted by molar-refractivity contribution is -0.145. The van der Waals surface area contributed by atoms with Gasteiger partial charge >= 0.3 is 5.97 Å². The normalized spacial score (nSPS) is 18.1. The lowest BCUT2D eigenvalue weighted by atomic mass is 10.0. The van der Waals surface area contributed by atoms with E-state index in [9.17, 15) is 14.4 Å². The molecule has 0 bridgehead atoms. The van der Waals surface area contributed by atoms with Crippen LogP contribution in [0, 0.1) is 6.92 Å². The molecule has 0 spiro atoms. The van der Waals surface area contributed by atoms with Crippen molar-refractivity contribution >= 4 is 40.8 Å². The van der Waals surface area contributed by atoms with Gasteiger partial charge in [-0.05, 0) is 56.0 Å². The van der Waals surface area contributed by atoms with Gasteiger partial charge in [0.05, 0.1) is 18.6 Å². The molecule has 2 heterocycles. The number of para-hydroxylation sites is 1. The number of rotatable bonds is 8. The van der Waals surface area contributed by atoms with E-state index < -0.39 is 12.0 Å². The minimum Gasteiger partial charge on any atom is -0.489 e. The van der Waals surface area contributed by atoms with Crippen LogP contribution < -0.4 is 15.0 Å². The van der Waals surface area contributed by atoms with Crippen LogP contribution >= 0.6 is 11.6 Å². The Hall–Kier alpha value is -3.26. The summed E-state index contributed by atoms with van der Waals surface area (Å²) < 4.78 is 10.8. The Labute approximate surface area is 229 Å². The van der Waals surface area contributed by atoms with Crippen molar-refractivity contribution in [2.45, 2.75) is 64.0 Å². The van der Waals surface area contributed by atoms with E-state index in [-0.39, 0.29) is 30.8 Å². The molecule has 2 aliphatic rings. The summed E-state index contributed by atoms with van der Waals surface area (Å²) in [6.45, 7) is 4.45. The summed E-state index contributed by atoms with van der Waals surface area (Å²) in [5.41, 5.74) is 3.09. The van der Waals surface area contributed by atoms with Gasteiger partial charge < -0.3 is 24.6 Å². The fraction of sp³-hybridized carbons (Fsp3) is 0.483. The number of benzene rings is 2. The van der Waals surface area contributed by atoms with E-state index in [0.717, 1.165) is 38.8 Å². The molecule has 1 atom stereocenters. The Bertz CT molecular complexity index is 1150. The van der Waals surface area contributed by atoms with Crippen molar-refractivity contribution in [3.63, 3.8) is 0 Å². The molecule has 4 rings (SSSR count). The van der Waals surface area contributed by atoms with E-state index >= 15 is 0 Å². The van der Waals surface area contributed by atoms with Gasteiger partial charge in [-0.1, -0.05) is 29.8 Å². The zero-order valence-electron chi connectivity index (χ0n) is 22.1. The minimum atomic E-state index is -0.581. The first-order chi connectivity index (χ1) is 18.4. The van der Waals surface area contributed by atoms with Crippen LogP contribution in [0.15, 0.2) is 42.5 Å². The summed E-state index contributed by atoms with van der Waals surface area (Å²) in [4.78, 5) is 41.2. The number of hydrogen-bond acceptors (Lipinski definition) is 6. The van der Waals surface area contributed by atoms with Crippen molar-refractivity contribution in [1.82, 2.24) is 4.90 Å². The molecule has 204 valence electrons. The molecule has 1 N–H and O–H groups in total. The highest BCUT2D eigenvalue weighted by Gasteiger charge is 2.32. The first-order valence-corrected chi connectivity index (χ1v) is 13.7. The third-order valence-corrected chi connectivity index (χ3v) is 7.58. The maximum absolute atomic E-state index is 13.1. The summed E-state index contributed by atoms with van der Waals surface area (Å²) in [6, 6.07) is 13.1. The molecule has 0 unspecified atom stereocenters. The quantitative estimate of drug-likeness (QED) is 0.475. The zero-order chi connectivity index (χ0) is 27.1. The predicted octanol–water partition coefficient (Wildman–Crippen LogP) is 4.97. The molecule has 38 heavy (non-hydrogen) atoms. The highest BCUT2D eigenvalue weighted by atomic mass is 35.5. The van der Waals surface area contributed by atoms with Crippen LogP contribution in [-0.2, 0) is 19.1 Å². The molecule has 2 saturated heterocycles. The molecule has 2 fully saturated rings. The second kappa shape index (κ2) is 13.0. The lowest BCUT2D eigenvalue weighted by Crippen LogP contribution is -2.50. The van der Waals surface area contributed by atoms with Gasteiger partial charge in [0, 0.05) is 50.3 Å². The van der Waals surface area contributed by atoms with Crippen molar-refractivity contribution in [3.05, 3.63) is 53.1 Å². The van der Waals surface area contributed by atoms with E-state index in [2.05, 4.69) is 46.1 Å². The van der Waals surface area contributed by atoms with Gasteiger partial charge in [0.2, 0.25) is 11.8 Å². The Morgan fingerprint density at radius 3 is 2.47 bits per heavy atom. The molecule has 9 heteroatoms. The van der Waals surface area contributed by atoms with E-state index in [1.165, 1.54) is 18.4 Å². The number of aryl methyl sites for hydroxylation is 1. The molecule has 2 aromatic rings. The Balaban J connectivity index is 1.31. The summed E-state index contributed by atoms with van der Waals surface area (Å²) in [7, 11) is 1.29. The molecule has 2 aliphatic heterocycles. The number of carbonyl (C=O) groups excluding carboxylic acids is 3. The van der Waals surface area contributed by atoms with Gasteiger partial charge in [-0.15, -0.1) is 0 Å². The highest BCUT2D eigenvalue weighted by molar-refractivity contribution is 6.32. The average molecular weight is 542 g/mol. The molecular formula is C29H36ClN3O5. The molecule has 0 radical (unpaired) electrons. The first kappa shape index (κ1) is 27.8. The SMILES string of the molecule is COC(=O)CCC(=O)N1CCCC[C@@H]1C(=O)Nc1ccc(OC2CCN(c3ccccc3C)CC2)c(Cl)c1. The predicted molar refractivity (Wildman–Crippen MR) is 148 cm³/mol. The number of halogens is 1. The van der Waals surface area contributed by atoms with Gasteiger partial charge in [0.15, 0.2) is 0 Å². The van der Waals surface area contributed by atoms with Crippen LogP contribution in [0.2, 0.25) is 5.02 Å². The van der Waals surface area contributed by atoms with Crippen LogP contribution in [0.25, 0.3) is 0 Å². The fourth-order valence-corrected chi connectivity index (χ4v) is 5.39. The lowest BCUT2D eigenvalue weighted by Gasteiger charge is -2.35. The monoisotopic (exact) mass is 541 g/mol. The zero-order valence-corrected chi connectivity index (χ0v) is 22.8. The molecule has 2 amide bonds.